The van der Waals surface area contributed by atoms with E-state index in [-0.39, 0.29) is 12.7 Å². The summed E-state index contributed by atoms with van der Waals surface area (Å²) in [5.74, 6) is -1.17. The van der Waals surface area contributed by atoms with Crippen LogP contribution in [0.2, 0.25) is 0 Å². The van der Waals surface area contributed by atoms with E-state index in [1.807, 2.05) is 0 Å². The van der Waals surface area contributed by atoms with Crippen LogP contribution < -0.4 is 0 Å². The van der Waals surface area contributed by atoms with Crippen molar-refractivity contribution in [2.45, 2.75) is 129 Å². The normalized spacial score (nSPS) is 15.5. The van der Waals surface area contributed by atoms with E-state index in [4.69, 9.17) is 18.5 Å². The van der Waals surface area contributed by atoms with Crippen molar-refractivity contribution >= 4 is 7.60 Å². The van der Waals surface area contributed by atoms with Gasteiger partial charge in [-0.25, -0.2) is 0 Å². The largest absolute Gasteiger partial charge is 0.381 e. The summed E-state index contributed by atoms with van der Waals surface area (Å²) < 4.78 is 33.2. The van der Waals surface area contributed by atoms with Gasteiger partial charge in [-0.15, -0.1) is 0 Å². The van der Waals surface area contributed by atoms with E-state index < -0.39 is 13.4 Å². The maximum Gasteiger partial charge on any atom is 0.358 e. The molecule has 0 aliphatic carbocycles. The highest BCUT2D eigenvalue weighted by molar-refractivity contribution is 7.54. The molecule has 0 bridgehead atoms. The summed E-state index contributed by atoms with van der Waals surface area (Å²) in [4.78, 5) is 0. The third-order valence-corrected chi connectivity index (χ3v) is 7.87. The Morgan fingerprint density at radius 3 is 1.53 bits per heavy atom. The number of unbranched alkanes of at least 4 members (excludes halogenated alkanes) is 15. The Hall–Kier alpha value is 0.0300. The van der Waals surface area contributed by atoms with Gasteiger partial charge in [0.15, 0.2) is 5.85 Å². The summed E-state index contributed by atoms with van der Waals surface area (Å²) in [6.45, 7) is 4.79. The van der Waals surface area contributed by atoms with Gasteiger partial charge in [-0.2, -0.15) is 0 Å². The summed E-state index contributed by atoms with van der Waals surface area (Å²) in [7, 11) is -0.669. The fourth-order valence-electron chi connectivity index (χ4n) is 3.65. The molecule has 0 heterocycles. The smallest absolute Gasteiger partial charge is 0.358 e. The van der Waals surface area contributed by atoms with E-state index in [2.05, 4.69) is 6.92 Å². The number of hydrogen-bond donors (Lipinski definition) is 1. The summed E-state index contributed by atoms with van der Waals surface area (Å²) in [5.41, 5.74) is 0. The number of ether oxygens (including phenoxy) is 2. The van der Waals surface area contributed by atoms with Crippen LogP contribution in [0.5, 0.6) is 0 Å². The van der Waals surface area contributed by atoms with Crippen LogP contribution in [0, 0.1) is 0 Å². The van der Waals surface area contributed by atoms with E-state index >= 15 is 0 Å². The molecule has 194 valence electrons. The molecule has 0 saturated heterocycles. The molecule has 0 rings (SSSR count). The van der Waals surface area contributed by atoms with Crippen LogP contribution in [-0.2, 0) is 23.1 Å². The minimum absolute atomic E-state index is 0.0610. The lowest BCUT2D eigenvalue weighted by Crippen LogP contribution is -2.25. The standard InChI is InChI=1S/C25H53O6P/c1-5-6-7-8-9-10-11-12-13-14-15-16-17-18-19-20-21-30-22-25(28-3)23-31-32(27,29-4)24(2)26/h24-26H,5-23H2,1-4H3/t24?,25-,32?/m0/s1. The molecule has 0 aromatic carbocycles. The van der Waals surface area contributed by atoms with Crippen LogP contribution in [0.1, 0.15) is 117 Å². The second-order valence-corrected chi connectivity index (χ2v) is 11.3. The predicted octanol–water partition coefficient (Wildman–Crippen LogP) is 7.47. The van der Waals surface area contributed by atoms with Crippen molar-refractivity contribution in [1.29, 1.82) is 0 Å². The van der Waals surface area contributed by atoms with Gasteiger partial charge in [0.25, 0.3) is 0 Å². The maximum atomic E-state index is 12.2. The monoisotopic (exact) mass is 480 g/mol. The predicted molar refractivity (Wildman–Crippen MR) is 133 cm³/mol. The van der Waals surface area contributed by atoms with Crippen molar-refractivity contribution in [1.82, 2.24) is 0 Å². The minimum Gasteiger partial charge on any atom is -0.381 e. The Morgan fingerprint density at radius 2 is 1.16 bits per heavy atom. The van der Waals surface area contributed by atoms with Crippen LogP contribution in [-0.4, -0.2) is 51.1 Å². The minimum atomic E-state index is -3.50. The molecule has 0 aromatic heterocycles. The number of methoxy groups -OCH3 is 1. The van der Waals surface area contributed by atoms with Crippen LogP contribution in [0.4, 0.5) is 0 Å². The number of hydrogen-bond acceptors (Lipinski definition) is 6. The van der Waals surface area contributed by atoms with Crippen molar-refractivity contribution in [3.63, 3.8) is 0 Å². The molecule has 0 aliphatic rings. The molecule has 6 nitrogen and oxygen atoms in total. The second kappa shape index (κ2) is 22.8. The lowest BCUT2D eigenvalue weighted by molar-refractivity contribution is -0.0193. The van der Waals surface area contributed by atoms with Crippen molar-refractivity contribution in [2.75, 3.05) is 34.0 Å². The first kappa shape index (κ1) is 32.0. The van der Waals surface area contributed by atoms with Crippen molar-refractivity contribution < 1.29 is 28.2 Å². The Balaban J connectivity index is 3.41. The van der Waals surface area contributed by atoms with Gasteiger partial charge in [0.05, 0.1) is 13.2 Å². The zero-order chi connectivity index (χ0) is 23.9. The molecule has 3 atom stereocenters. The van der Waals surface area contributed by atoms with Crippen molar-refractivity contribution in [3.8, 4) is 0 Å². The van der Waals surface area contributed by atoms with Crippen LogP contribution in [0.25, 0.3) is 0 Å². The third kappa shape index (κ3) is 18.5. The third-order valence-electron chi connectivity index (χ3n) is 5.93. The number of aliphatic hydroxyl groups excluding tert-OH is 1. The van der Waals surface area contributed by atoms with E-state index in [1.165, 1.54) is 110 Å². The molecule has 0 fully saturated rings. The van der Waals surface area contributed by atoms with Gasteiger partial charge in [-0.05, 0) is 13.3 Å². The lowest BCUT2D eigenvalue weighted by Gasteiger charge is -2.22. The summed E-state index contributed by atoms with van der Waals surface area (Å²) in [6.07, 6.45) is 21.3. The molecule has 0 aromatic rings. The SMILES string of the molecule is CCCCCCCCCCCCCCCCCCOC[C@@H](COP(=O)(OC)C(C)O)OC. The highest BCUT2D eigenvalue weighted by Crippen LogP contribution is 2.51. The fourth-order valence-corrected chi connectivity index (χ4v) is 4.65. The average molecular weight is 481 g/mol. The number of rotatable bonds is 25. The Kier molecular flexibility index (Phi) is 22.8. The highest BCUT2D eigenvalue weighted by atomic mass is 31.2. The van der Waals surface area contributed by atoms with Gasteiger partial charge in [0.1, 0.15) is 6.10 Å². The first-order chi connectivity index (χ1) is 15.5. The molecule has 0 spiro atoms. The molecule has 32 heavy (non-hydrogen) atoms. The van der Waals surface area contributed by atoms with Gasteiger partial charge >= 0.3 is 7.60 Å². The fraction of sp³-hybridized carbons (Fsp3) is 1.00. The molecule has 0 radical (unpaired) electrons. The topological polar surface area (TPSA) is 74.2 Å². The molecule has 2 unspecified atom stereocenters. The molecule has 1 N–H and O–H groups in total. The van der Waals surface area contributed by atoms with Gasteiger partial charge in [0.2, 0.25) is 0 Å². The van der Waals surface area contributed by atoms with E-state index in [0.29, 0.717) is 13.2 Å². The number of aliphatic hydroxyl groups is 1. The molecular weight excluding hydrogens is 427 g/mol. The Bertz CT molecular complexity index is 433. The van der Waals surface area contributed by atoms with E-state index in [0.717, 1.165) is 6.42 Å². The second-order valence-electron chi connectivity index (χ2n) is 8.89. The van der Waals surface area contributed by atoms with E-state index in [1.54, 1.807) is 7.11 Å². The molecule has 0 saturated carbocycles. The Morgan fingerprint density at radius 1 is 0.719 bits per heavy atom. The molecular formula is C25H53O6P. The average Bonchev–Trinajstić information content (AvgIpc) is 2.79. The highest BCUT2D eigenvalue weighted by Gasteiger charge is 2.30. The molecule has 0 aliphatic heterocycles. The van der Waals surface area contributed by atoms with Crippen molar-refractivity contribution in [3.05, 3.63) is 0 Å². The van der Waals surface area contributed by atoms with Gasteiger partial charge in [-0.1, -0.05) is 103 Å². The summed E-state index contributed by atoms with van der Waals surface area (Å²) in [5, 5.41) is 9.51. The maximum absolute atomic E-state index is 12.2. The first-order valence-corrected chi connectivity index (χ1v) is 14.7. The lowest BCUT2D eigenvalue weighted by atomic mass is 10.0. The van der Waals surface area contributed by atoms with Crippen molar-refractivity contribution in [2.24, 2.45) is 0 Å². The summed E-state index contributed by atoms with van der Waals surface area (Å²) >= 11 is 0. The van der Waals surface area contributed by atoms with E-state index in [9.17, 15) is 9.67 Å². The zero-order valence-electron chi connectivity index (χ0n) is 21.5. The van der Waals surface area contributed by atoms with Gasteiger partial charge < -0.3 is 23.6 Å². The Labute approximate surface area is 198 Å². The van der Waals surface area contributed by atoms with Crippen LogP contribution in [0.3, 0.4) is 0 Å². The molecule has 7 heteroatoms. The van der Waals surface area contributed by atoms with Crippen LogP contribution in [0.15, 0.2) is 0 Å². The molecule has 0 amide bonds. The van der Waals surface area contributed by atoms with Gasteiger partial charge in [-0.3, -0.25) is 4.57 Å². The first-order valence-electron chi connectivity index (χ1n) is 13.1. The zero-order valence-corrected chi connectivity index (χ0v) is 22.4. The summed E-state index contributed by atoms with van der Waals surface area (Å²) in [6, 6.07) is 0. The van der Waals surface area contributed by atoms with Gasteiger partial charge in [0, 0.05) is 20.8 Å². The van der Waals surface area contributed by atoms with Crippen LogP contribution >= 0.6 is 7.60 Å². The quantitative estimate of drug-likeness (QED) is 0.108.